The van der Waals surface area contributed by atoms with Gasteiger partial charge in [0.1, 0.15) is 11.0 Å². The average Bonchev–Trinajstić information content (AvgIpc) is 2.74. The molecular weight excluding hydrogens is 212 g/mol. The first-order valence-corrected chi connectivity index (χ1v) is 5.42. The molecule has 0 saturated carbocycles. The molecule has 0 aliphatic heterocycles. The van der Waals surface area contributed by atoms with E-state index in [0.717, 1.165) is 28.0 Å². The molecule has 0 amide bonds. The second kappa shape index (κ2) is 3.59. The summed E-state index contributed by atoms with van der Waals surface area (Å²) in [5.74, 6) is 0. The van der Waals surface area contributed by atoms with E-state index < -0.39 is 0 Å². The average molecular weight is 224 g/mol. The molecule has 0 radical (unpaired) electrons. The molecule has 17 heavy (non-hydrogen) atoms. The van der Waals surface area contributed by atoms with Gasteiger partial charge in [0.25, 0.3) is 0 Å². The molecule has 0 fully saturated rings. The predicted octanol–water partition coefficient (Wildman–Crippen LogP) is 2.31. The third-order valence-electron chi connectivity index (χ3n) is 2.76. The van der Waals surface area contributed by atoms with Crippen LogP contribution in [-0.2, 0) is 0 Å². The van der Waals surface area contributed by atoms with Crippen LogP contribution in [0.15, 0.2) is 42.5 Å². The number of aryl methyl sites for hydroxylation is 1. The smallest absolute Gasteiger partial charge is 0.115 e. The Labute approximate surface area is 98.7 Å². The van der Waals surface area contributed by atoms with Crippen molar-refractivity contribution in [2.24, 2.45) is 0 Å². The van der Waals surface area contributed by atoms with E-state index in [1.54, 1.807) is 4.80 Å². The van der Waals surface area contributed by atoms with Crippen molar-refractivity contribution in [3.8, 4) is 5.69 Å². The van der Waals surface area contributed by atoms with Crippen molar-refractivity contribution >= 4 is 16.7 Å². The second-order valence-corrected chi connectivity index (χ2v) is 4.02. The van der Waals surface area contributed by atoms with Gasteiger partial charge in [-0.1, -0.05) is 18.2 Å². The Morgan fingerprint density at radius 3 is 2.35 bits per heavy atom. The third kappa shape index (κ3) is 1.63. The van der Waals surface area contributed by atoms with Crippen LogP contribution >= 0.6 is 0 Å². The van der Waals surface area contributed by atoms with Gasteiger partial charge >= 0.3 is 0 Å². The van der Waals surface area contributed by atoms with E-state index in [0.29, 0.717) is 0 Å². The standard InChI is InChI=1S/C13H12N4/c1-9-7-12-13(8-11(9)14)16-17(15-12)10-5-3-2-4-6-10/h2-8H,14H2,1H3. The first-order chi connectivity index (χ1) is 8.24. The van der Waals surface area contributed by atoms with Crippen molar-refractivity contribution in [1.29, 1.82) is 0 Å². The minimum absolute atomic E-state index is 0.748. The quantitative estimate of drug-likeness (QED) is 0.645. The van der Waals surface area contributed by atoms with E-state index in [2.05, 4.69) is 10.2 Å². The molecule has 0 spiro atoms. The minimum Gasteiger partial charge on any atom is -0.398 e. The maximum atomic E-state index is 5.86. The number of para-hydroxylation sites is 1. The number of aromatic nitrogens is 3. The first-order valence-electron chi connectivity index (χ1n) is 5.42. The van der Waals surface area contributed by atoms with Crippen molar-refractivity contribution < 1.29 is 0 Å². The number of nitrogens with zero attached hydrogens (tertiary/aromatic N) is 3. The summed E-state index contributed by atoms with van der Waals surface area (Å²) in [6.07, 6.45) is 0. The summed E-state index contributed by atoms with van der Waals surface area (Å²) >= 11 is 0. The molecule has 1 aromatic heterocycles. The second-order valence-electron chi connectivity index (χ2n) is 4.02. The molecule has 2 N–H and O–H groups in total. The van der Waals surface area contributed by atoms with Crippen LogP contribution in [-0.4, -0.2) is 15.0 Å². The Hall–Kier alpha value is -2.36. The monoisotopic (exact) mass is 224 g/mol. The molecule has 0 unspecified atom stereocenters. The molecule has 2 aromatic carbocycles. The minimum atomic E-state index is 0.748. The van der Waals surface area contributed by atoms with Crippen LogP contribution < -0.4 is 5.73 Å². The van der Waals surface area contributed by atoms with E-state index in [4.69, 9.17) is 5.73 Å². The van der Waals surface area contributed by atoms with E-state index in [1.807, 2.05) is 49.4 Å². The lowest BCUT2D eigenvalue weighted by molar-refractivity contribution is 0.766. The molecule has 1 heterocycles. The van der Waals surface area contributed by atoms with Crippen molar-refractivity contribution in [2.45, 2.75) is 6.92 Å². The van der Waals surface area contributed by atoms with Crippen LogP contribution in [0.1, 0.15) is 5.56 Å². The van der Waals surface area contributed by atoms with Crippen molar-refractivity contribution in [3.05, 3.63) is 48.0 Å². The van der Waals surface area contributed by atoms with Gasteiger partial charge in [-0.15, -0.1) is 10.2 Å². The maximum Gasteiger partial charge on any atom is 0.115 e. The summed E-state index contributed by atoms with van der Waals surface area (Å²) in [5, 5.41) is 8.85. The Morgan fingerprint density at radius 1 is 1.00 bits per heavy atom. The molecule has 4 heteroatoms. The Kier molecular flexibility index (Phi) is 2.08. The zero-order valence-electron chi connectivity index (χ0n) is 9.46. The summed E-state index contributed by atoms with van der Waals surface area (Å²) in [4.78, 5) is 1.63. The largest absolute Gasteiger partial charge is 0.398 e. The number of benzene rings is 2. The summed E-state index contributed by atoms with van der Waals surface area (Å²) in [5.41, 5.74) is 10.3. The van der Waals surface area contributed by atoms with Gasteiger partial charge < -0.3 is 5.73 Å². The molecule has 0 saturated heterocycles. The molecule has 3 rings (SSSR count). The molecule has 0 aliphatic carbocycles. The predicted molar refractivity (Wildman–Crippen MR) is 68.0 cm³/mol. The Morgan fingerprint density at radius 2 is 1.65 bits per heavy atom. The van der Waals surface area contributed by atoms with E-state index in [1.165, 1.54) is 0 Å². The summed E-state index contributed by atoms with van der Waals surface area (Å²) in [6, 6.07) is 13.6. The Bertz CT molecular complexity index is 631. The molecule has 84 valence electrons. The van der Waals surface area contributed by atoms with E-state index in [-0.39, 0.29) is 0 Å². The van der Waals surface area contributed by atoms with E-state index in [9.17, 15) is 0 Å². The van der Waals surface area contributed by atoms with Crippen LogP contribution in [0.5, 0.6) is 0 Å². The molecule has 3 aromatic rings. The van der Waals surface area contributed by atoms with Gasteiger partial charge in [0, 0.05) is 5.69 Å². The fourth-order valence-corrected chi connectivity index (χ4v) is 1.76. The van der Waals surface area contributed by atoms with Crippen molar-refractivity contribution in [3.63, 3.8) is 0 Å². The van der Waals surface area contributed by atoms with Crippen molar-refractivity contribution in [1.82, 2.24) is 15.0 Å². The van der Waals surface area contributed by atoms with Gasteiger partial charge in [0.05, 0.1) is 5.69 Å². The fourth-order valence-electron chi connectivity index (χ4n) is 1.76. The highest BCUT2D eigenvalue weighted by Crippen LogP contribution is 2.19. The first kappa shape index (κ1) is 9.84. The molecule has 0 aliphatic rings. The highest BCUT2D eigenvalue weighted by Gasteiger charge is 2.06. The summed E-state index contributed by atoms with van der Waals surface area (Å²) < 4.78 is 0. The van der Waals surface area contributed by atoms with Crippen LogP contribution in [0.2, 0.25) is 0 Å². The Balaban J connectivity index is 2.21. The zero-order valence-corrected chi connectivity index (χ0v) is 9.46. The number of nitrogens with two attached hydrogens (primary N) is 1. The van der Waals surface area contributed by atoms with Crippen LogP contribution in [0.25, 0.3) is 16.7 Å². The lowest BCUT2D eigenvalue weighted by Crippen LogP contribution is -1.97. The fraction of sp³-hybridized carbons (Fsp3) is 0.0769. The van der Waals surface area contributed by atoms with Gasteiger partial charge in [-0.25, -0.2) is 0 Å². The number of fused-ring (bicyclic) bond motifs is 1. The van der Waals surface area contributed by atoms with E-state index >= 15 is 0 Å². The lowest BCUT2D eigenvalue weighted by atomic mass is 10.2. The van der Waals surface area contributed by atoms with Crippen molar-refractivity contribution in [2.75, 3.05) is 5.73 Å². The maximum absolute atomic E-state index is 5.86. The van der Waals surface area contributed by atoms with Gasteiger partial charge in [0.2, 0.25) is 0 Å². The SMILES string of the molecule is Cc1cc2nn(-c3ccccc3)nc2cc1N. The topological polar surface area (TPSA) is 56.7 Å². The number of rotatable bonds is 1. The van der Waals surface area contributed by atoms with Gasteiger partial charge in [-0.05, 0) is 36.8 Å². The highest BCUT2D eigenvalue weighted by molar-refractivity contribution is 5.79. The molecule has 4 nitrogen and oxygen atoms in total. The molecule has 0 bridgehead atoms. The van der Waals surface area contributed by atoms with Crippen LogP contribution in [0, 0.1) is 6.92 Å². The summed E-state index contributed by atoms with van der Waals surface area (Å²) in [6.45, 7) is 1.97. The van der Waals surface area contributed by atoms with Crippen LogP contribution in [0.4, 0.5) is 5.69 Å². The van der Waals surface area contributed by atoms with Gasteiger partial charge in [-0.3, -0.25) is 0 Å². The number of nitrogen functional groups attached to an aromatic ring is 1. The molecular formula is C13H12N4. The summed E-state index contributed by atoms with van der Waals surface area (Å²) in [7, 11) is 0. The van der Waals surface area contributed by atoms with Crippen LogP contribution in [0.3, 0.4) is 0 Å². The highest BCUT2D eigenvalue weighted by atomic mass is 15.5. The number of anilines is 1. The normalized spacial score (nSPS) is 10.9. The van der Waals surface area contributed by atoms with Gasteiger partial charge in [-0.2, -0.15) is 4.80 Å². The van der Waals surface area contributed by atoms with Gasteiger partial charge in [0.15, 0.2) is 0 Å². The number of hydrogen-bond acceptors (Lipinski definition) is 3. The zero-order chi connectivity index (χ0) is 11.8. The lowest BCUT2D eigenvalue weighted by Gasteiger charge is -1.96. The number of hydrogen-bond donors (Lipinski definition) is 1. The third-order valence-corrected chi connectivity index (χ3v) is 2.76. The molecule has 0 atom stereocenters.